The second-order valence-corrected chi connectivity index (χ2v) is 5.81. The predicted molar refractivity (Wildman–Crippen MR) is 73.0 cm³/mol. The van der Waals surface area contributed by atoms with E-state index in [0.29, 0.717) is 6.07 Å². The largest absolute Gasteiger partial charge is 0.534 e. The third kappa shape index (κ3) is 4.25. The Morgan fingerprint density at radius 3 is 2.30 bits per heavy atom. The van der Waals surface area contributed by atoms with Gasteiger partial charge in [0, 0.05) is 6.07 Å². The summed E-state index contributed by atoms with van der Waals surface area (Å²) in [5.74, 6) is -0.758. The Kier molecular flexibility index (Phi) is 4.64. The zero-order valence-electron chi connectivity index (χ0n) is 11.4. The third-order valence-corrected chi connectivity index (χ3v) is 3.54. The number of aromatic nitrogens is 1. The fourth-order valence-electron chi connectivity index (χ4n) is 1.50. The molecular weight excluding hydrogens is 339 g/mol. The van der Waals surface area contributed by atoms with E-state index in [-0.39, 0.29) is 6.61 Å². The highest BCUT2D eigenvalue weighted by atomic mass is 32.2. The lowest BCUT2D eigenvalue weighted by Gasteiger charge is -2.11. The molecule has 0 bridgehead atoms. The molecule has 0 aliphatic carbocycles. The lowest BCUT2D eigenvalue weighted by molar-refractivity contribution is -0.0500. The van der Waals surface area contributed by atoms with Crippen LogP contribution in [0.3, 0.4) is 0 Å². The zero-order chi connectivity index (χ0) is 17.1. The summed E-state index contributed by atoms with van der Waals surface area (Å²) in [4.78, 5) is 16.8. The van der Waals surface area contributed by atoms with Crippen LogP contribution in [0.5, 0.6) is 5.75 Å². The van der Waals surface area contributed by atoms with Crippen LogP contribution >= 0.6 is 0 Å². The minimum absolute atomic E-state index is 0.0435. The highest BCUT2D eigenvalue weighted by Gasteiger charge is 2.48. The number of rotatable bonds is 5. The maximum Gasteiger partial charge on any atom is 0.534 e. The summed E-state index contributed by atoms with van der Waals surface area (Å²) in [6.45, 7) is 0.0435. The predicted octanol–water partition coefficient (Wildman–Crippen LogP) is 1.71. The second kappa shape index (κ2) is 6.32. The number of pyridine rings is 1. The summed E-state index contributed by atoms with van der Waals surface area (Å²) in [6.07, 6.45) is 0.965. The van der Waals surface area contributed by atoms with Crippen LogP contribution in [-0.2, 0) is 16.7 Å². The minimum atomic E-state index is -5.82. The van der Waals surface area contributed by atoms with Gasteiger partial charge >= 0.3 is 15.6 Å². The van der Waals surface area contributed by atoms with Gasteiger partial charge in [0.2, 0.25) is 0 Å². The number of hydrogen-bond donors (Lipinski definition) is 0. The van der Waals surface area contributed by atoms with Crippen LogP contribution in [0.1, 0.15) is 5.56 Å². The van der Waals surface area contributed by atoms with Gasteiger partial charge in [-0.05, 0) is 5.56 Å². The Hall–Kier alpha value is -2.49. The Morgan fingerprint density at radius 1 is 1.09 bits per heavy atom. The smallest absolute Gasteiger partial charge is 0.406 e. The van der Waals surface area contributed by atoms with Crippen molar-refractivity contribution < 1.29 is 30.6 Å². The fourth-order valence-corrected chi connectivity index (χ4v) is 1.95. The van der Waals surface area contributed by atoms with Crippen LogP contribution in [-0.4, -0.2) is 18.7 Å². The average molecular weight is 349 g/mol. The van der Waals surface area contributed by atoms with Crippen molar-refractivity contribution in [1.29, 1.82) is 0 Å². The van der Waals surface area contributed by atoms with E-state index in [0.717, 1.165) is 22.6 Å². The van der Waals surface area contributed by atoms with E-state index >= 15 is 0 Å². The molecule has 0 aliphatic rings. The molecule has 1 aromatic heterocycles. The number of hydrogen-bond acceptors (Lipinski definition) is 5. The molecule has 0 N–H and O–H groups in total. The number of alkyl halides is 3. The highest BCUT2D eigenvalue weighted by Crippen LogP contribution is 2.26. The third-order valence-electron chi connectivity index (χ3n) is 2.56. The summed E-state index contributed by atoms with van der Waals surface area (Å²) in [5, 5.41) is 0. The summed E-state index contributed by atoms with van der Waals surface area (Å²) in [6, 6.07) is 10.3. The van der Waals surface area contributed by atoms with Gasteiger partial charge in [-0.2, -0.15) is 26.3 Å². The highest BCUT2D eigenvalue weighted by molar-refractivity contribution is 7.87. The van der Waals surface area contributed by atoms with E-state index in [9.17, 15) is 26.4 Å². The Bertz CT molecular complexity index is 831. The van der Waals surface area contributed by atoms with Gasteiger partial charge in [-0.25, -0.2) is 0 Å². The van der Waals surface area contributed by atoms with Crippen LogP contribution in [0.2, 0.25) is 0 Å². The molecule has 2 aromatic rings. The monoisotopic (exact) mass is 349 g/mol. The molecule has 1 aromatic carbocycles. The molecule has 0 unspecified atom stereocenters. The van der Waals surface area contributed by atoms with E-state index < -0.39 is 26.9 Å². The molecule has 0 radical (unpaired) electrons. The van der Waals surface area contributed by atoms with Crippen LogP contribution < -0.4 is 14.6 Å². The molecule has 0 spiro atoms. The first-order valence-corrected chi connectivity index (χ1v) is 7.50. The van der Waals surface area contributed by atoms with Crippen molar-refractivity contribution in [3.63, 3.8) is 0 Å². The van der Waals surface area contributed by atoms with E-state index in [1.807, 2.05) is 0 Å². The van der Waals surface area contributed by atoms with Crippen molar-refractivity contribution in [3.05, 3.63) is 64.6 Å². The summed E-state index contributed by atoms with van der Waals surface area (Å²) >= 11 is 0. The fraction of sp³-hybridized carbons (Fsp3) is 0.154. The van der Waals surface area contributed by atoms with E-state index in [2.05, 4.69) is 4.18 Å². The van der Waals surface area contributed by atoms with Crippen molar-refractivity contribution in [3.8, 4) is 5.75 Å². The molecule has 0 atom stereocenters. The van der Waals surface area contributed by atoms with Gasteiger partial charge in [-0.1, -0.05) is 30.3 Å². The summed E-state index contributed by atoms with van der Waals surface area (Å²) in [7, 11) is -5.82. The van der Waals surface area contributed by atoms with Crippen LogP contribution in [0.25, 0.3) is 0 Å². The first-order chi connectivity index (χ1) is 10.7. The molecule has 0 fully saturated rings. The average Bonchev–Trinajstić information content (AvgIpc) is 2.46. The van der Waals surface area contributed by atoms with Crippen molar-refractivity contribution in [2.24, 2.45) is 0 Å². The van der Waals surface area contributed by atoms with Gasteiger partial charge < -0.3 is 9.02 Å². The summed E-state index contributed by atoms with van der Waals surface area (Å²) < 4.78 is 62.8. The van der Waals surface area contributed by atoms with Gasteiger partial charge in [0.05, 0.1) is 12.3 Å². The van der Waals surface area contributed by atoms with Crippen LogP contribution in [0.15, 0.2) is 53.5 Å². The quantitative estimate of drug-likeness (QED) is 0.607. The lowest BCUT2D eigenvalue weighted by Crippen LogP contribution is -2.29. The maximum absolute atomic E-state index is 12.2. The number of benzene rings is 1. The number of halogens is 3. The molecule has 124 valence electrons. The van der Waals surface area contributed by atoms with E-state index in [1.54, 1.807) is 30.3 Å². The maximum atomic E-state index is 12.2. The van der Waals surface area contributed by atoms with Crippen LogP contribution in [0.4, 0.5) is 13.2 Å². The van der Waals surface area contributed by atoms with Crippen molar-refractivity contribution >= 4 is 10.1 Å². The SMILES string of the molecule is O=c1cc(OS(=O)(=O)C(F)(F)F)ccn1OCc1ccccc1. The van der Waals surface area contributed by atoms with Crippen molar-refractivity contribution in [2.75, 3.05) is 0 Å². The van der Waals surface area contributed by atoms with Crippen LogP contribution in [0, 0.1) is 0 Å². The molecule has 0 saturated carbocycles. The molecule has 0 saturated heterocycles. The molecule has 0 aliphatic heterocycles. The Balaban J connectivity index is 2.11. The van der Waals surface area contributed by atoms with Gasteiger partial charge in [-0.3, -0.25) is 4.79 Å². The van der Waals surface area contributed by atoms with Gasteiger partial charge in [0.15, 0.2) is 0 Å². The summed E-state index contributed by atoms with van der Waals surface area (Å²) in [5.41, 5.74) is -5.69. The topological polar surface area (TPSA) is 74.6 Å². The van der Waals surface area contributed by atoms with E-state index in [4.69, 9.17) is 4.84 Å². The Morgan fingerprint density at radius 2 is 1.74 bits per heavy atom. The van der Waals surface area contributed by atoms with Gasteiger partial charge in [-0.15, -0.1) is 0 Å². The van der Waals surface area contributed by atoms with Gasteiger partial charge in [0.25, 0.3) is 5.56 Å². The molecule has 23 heavy (non-hydrogen) atoms. The molecule has 1 heterocycles. The van der Waals surface area contributed by atoms with Gasteiger partial charge in [0.1, 0.15) is 12.4 Å². The lowest BCUT2D eigenvalue weighted by atomic mass is 10.2. The Labute approximate surface area is 128 Å². The first-order valence-electron chi connectivity index (χ1n) is 6.10. The second-order valence-electron chi connectivity index (χ2n) is 4.27. The molecule has 10 heteroatoms. The van der Waals surface area contributed by atoms with Crippen molar-refractivity contribution in [2.45, 2.75) is 12.1 Å². The normalized spacial score (nSPS) is 12.0. The molecule has 0 amide bonds. The minimum Gasteiger partial charge on any atom is -0.406 e. The number of nitrogens with zero attached hydrogens (tertiary/aromatic N) is 1. The molecule has 6 nitrogen and oxygen atoms in total. The standard InChI is InChI=1S/C13H10F3NO5S/c14-13(15,16)23(19,20)22-11-6-7-17(12(18)8-11)21-9-10-4-2-1-3-5-10/h1-8H,9H2. The van der Waals surface area contributed by atoms with Crippen molar-refractivity contribution in [1.82, 2.24) is 4.73 Å². The zero-order valence-corrected chi connectivity index (χ0v) is 12.2. The first kappa shape index (κ1) is 16.9. The van der Waals surface area contributed by atoms with E-state index in [1.165, 1.54) is 0 Å². The molecular formula is C13H10F3NO5S. The molecule has 2 rings (SSSR count).